The van der Waals surface area contributed by atoms with Crippen LogP contribution in [0.25, 0.3) is 0 Å². The minimum atomic E-state index is 0.198. The number of nitrogens with one attached hydrogen (secondary N) is 1. The molecule has 1 aliphatic rings. The number of unbranched alkanes of at least 4 members (excludes halogenated alkanes) is 3. The summed E-state index contributed by atoms with van der Waals surface area (Å²) in [6.45, 7) is 0.754. The van der Waals surface area contributed by atoms with Gasteiger partial charge in [0.2, 0.25) is 5.91 Å². The monoisotopic (exact) mass is 288 g/mol. The zero-order valence-electron chi connectivity index (χ0n) is 12.9. The summed E-state index contributed by atoms with van der Waals surface area (Å²) in [5.41, 5.74) is 6.73. The highest BCUT2D eigenvalue weighted by molar-refractivity contribution is 5.76. The van der Waals surface area contributed by atoms with Crippen molar-refractivity contribution in [2.24, 2.45) is 11.7 Å². The number of hydrogen-bond acceptors (Lipinski definition) is 2. The van der Waals surface area contributed by atoms with E-state index in [1.807, 2.05) is 6.07 Å². The van der Waals surface area contributed by atoms with Crippen molar-refractivity contribution in [2.75, 3.05) is 6.54 Å². The molecule has 0 heterocycles. The second kappa shape index (κ2) is 8.83. The van der Waals surface area contributed by atoms with E-state index in [0.717, 1.165) is 32.2 Å². The molecule has 1 fully saturated rings. The molecule has 0 radical (unpaired) electrons. The molecule has 3 N–H and O–H groups in total. The van der Waals surface area contributed by atoms with E-state index in [0.29, 0.717) is 12.3 Å². The van der Waals surface area contributed by atoms with Crippen LogP contribution in [0.3, 0.4) is 0 Å². The Labute approximate surface area is 128 Å². The van der Waals surface area contributed by atoms with Crippen molar-refractivity contribution < 1.29 is 4.79 Å². The van der Waals surface area contributed by atoms with E-state index in [4.69, 9.17) is 5.73 Å². The summed E-state index contributed by atoms with van der Waals surface area (Å²) < 4.78 is 0. The predicted octanol–water partition coefficient (Wildman–Crippen LogP) is 3.55. The molecule has 1 saturated carbocycles. The third-order valence-corrected chi connectivity index (χ3v) is 4.45. The number of amides is 1. The molecule has 0 aliphatic heterocycles. The lowest BCUT2D eigenvalue weighted by atomic mass is 9.77. The van der Waals surface area contributed by atoms with Crippen molar-refractivity contribution in [1.29, 1.82) is 0 Å². The predicted molar refractivity (Wildman–Crippen MR) is 86.8 cm³/mol. The number of nitrogens with two attached hydrogens (primary N) is 1. The van der Waals surface area contributed by atoms with Crippen molar-refractivity contribution in [2.45, 2.75) is 57.4 Å². The van der Waals surface area contributed by atoms with Crippen LogP contribution in [-0.2, 0) is 4.79 Å². The van der Waals surface area contributed by atoms with E-state index in [2.05, 4.69) is 29.6 Å². The van der Waals surface area contributed by atoms with Crippen molar-refractivity contribution in [3.8, 4) is 0 Å². The van der Waals surface area contributed by atoms with E-state index in [9.17, 15) is 4.79 Å². The molecule has 1 atom stereocenters. The van der Waals surface area contributed by atoms with Gasteiger partial charge in [0.05, 0.1) is 6.04 Å². The Morgan fingerprint density at radius 3 is 2.48 bits per heavy atom. The van der Waals surface area contributed by atoms with Crippen LogP contribution in [0.15, 0.2) is 30.3 Å². The van der Waals surface area contributed by atoms with Gasteiger partial charge in [0.15, 0.2) is 0 Å². The van der Waals surface area contributed by atoms with Crippen molar-refractivity contribution in [1.82, 2.24) is 5.32 Å². The first kappa shape index (κ1) is 16.0. The van der Waals surface area contributed by atoms with Crippen molar-refractivity contribution in [3.63, 3.8) is 0 Å². The zero-order chi connectivity index (χ0) is 14.9. The topological polar surface area (TPSA) is 55.1 Å². The SMILES string of the molecule is NCCCCCCC(=O)NC(c1ccccc1)C1CCC1. The van der Waals surface area contributed by atoms with Crippen LogP contribution in [0, 0.1) is 5.92 Å². The van der Waals surface area contributed by atoms with Crippen LogP contribution in [-0.4, -0.2) is 12.5 Å². The molecule has 0 saturated heterocycles. The lowest BCUT2D eigenvalue weighted by Gasteiger charge is -2.34. The molecule has 1 unspecified atom stereocenters. The maximum atomic E-state index is 12.2. The maximum absolute atomic E-state index is 12.2. The molecule has 3 nitrogen and oxygen atoms in total. The van der Waals surface area contributed by atoms with Gasteiger partial charge in [-0.1, -0.05) is 49.6 Å². The van der Waals surface area contributed by atoms with Gasteiger partial charge in [-0.3, -0.25) is 4.79 Å². The van der Waals surface area contributed by atoms with Gasteiger partial charge in [0.25, 0.3) is 0 Å². The van der Waals surface area contributed by atoms with Crippen molar-refractivity contribution >= 4 is 5.91 Å². The highest BCUT2D eigenvalue weighted by Crippen LogP contribution is 2.37. The second-order valence-electron chi connectivity index (χ2n) is 6.10. The first-order chi connectivity index (χ1) is 10.3. The van der Waals surface area contributed by atoms with Gasteiger partial charge in [-0.2, -0.15) is 0 Å². The van der Waals surface area contributed by atoms with Gasteiger partial charge < -0.3 is 11.1 Å². The Bertz CT molecular complexity index is 414. The zero-order valence-corrected chi connectivity index (χ0v) is 12.9. The summed E-state index contributed by atoms with van der Waals surface area (Å²) in [6.07, 6.45) is 8.67. The average molecular weight is 288 g/mol. The van der Waals surface area contributed by atoms with E-state index in [1.54, 1.807) is 0 Å². The molecule has 21 heavy (non-hydrogen) atoms. The van der Waals surface area contributed by atoms with E-state index in [-0.39, 0.29) is 11.9 Å². The minimum absolute atomic E-state index is 0.198. The van der Waals surface area contributed by atoms with Gasteiger partial charge in [0.1, 0.15) is 0 Å². The maximum Gasteiger partial charge on any atom is 0.220 e. The third-order valence-electron chi connectivity index (χ3n) is 4.45. The smallest absolute Gasteiger partial charge is 0.220 e. The Morgan fingerprint density at radius 1 is 1.14 bits per heavy atom. The quantitative estimate of drug-likeness (QED) is 0.683. The average Bonchev–Trinajstić information content (AvgIpc) is 2.45. The molecule has 1 aromatic carbocycles. The Kier molecular flexibility index (Phi) is 6.74. The van der Waals surface area contributed by atoms with E-state index in [1.165, 1.54) is 24.8 Å². The summed E-state index contributed by atoms with van der Waals surface area (Å²) in [4.78, 5) is 12.2. The number of rotatable bonds is 9. The fourth-order valence-electron chi connectivity index (χ4n) is 2.94. The van der Waals surface area contributed by atoms with Gasteiger partial charge in [-0.15, -0.1) is 0 Å². The summed E-state index contributed by atoms with van der Waals surface area (Å²) >= 11 is 0. The van der Waals surface area contributed by atoms with Crippen LogP contribution in [0.5, 0.6) is 0 Å². The Morgan fingerprint density at radius 2 is 1.86 bits per heavy atom. The molecule has 1 amide bonds. The largest absolute Gasteiger partial charge is 0.349 e. The van der Waals surface area contributed by atoms with Gasteiger partial charge >= 0.3 is 0 Å². The number of carbonyl (C=O) groups excluding carboxylic acids is 1. The summed E-state index contributed by atoms with van der Waals surface area (Å²) in [6, 6.07) is 10.6. The minimum Gasteiger partial charge on any atom is -0.349 e. The summed E-state index contributed by atoms with van der Waals surface area (Å²) in [7, 11) is 0. The van der Waals surface area contributed by atoms with Crippen LogP contribution < -0.4 is 11.1 Å². The van der Waals surface area contributed by atoms with Crippen LogP contribution in [0.4, 0.5) is 0 Å². The third kappa shape index (κ3) is 5.16. The summed E-state index contributed by atoms with van der Waals surface area (Å²) in [5.74, 6) is 0.817. The number of carbonyl (C=O) groups is 1. The Hall–Kier alpha value is -1.35. The molecule has 1 aromatic rings. The fraction of sp³-hybridized carbons (Fsp3) is 0.611. The standard InChI is InChI=1S/C18H28N2O/c19-14-7-2-1-6-13-17(21)20-18(16-11-8-12-16)15-9-4-3-5-10-15/h3-5,9-10,16,18H,1-2,6-8,11-14,19H2,(H,20,21). The van der Waals surface area contributed by atoms with Gasteiger partial charge in [0, 0.05) is 6.42 Å². The van der Waals surface area contributed by atoms with E-state index >= 15 is 0 Å². The highest BCUT2D eigenvalue weighted by atomic mass is 16.1. The highest BCUT2D eigenvalue weighted by Gasteiger charge is 2.29. The molecule has 0 bridgehead atoms. The number of benzene rings is 1. The number of hydrogen-bond donors (Lipinski definition) is 2. The van der Waals surface area contributed by atoms with Crippen LogP contribution in [0.1, 0.15) is 63.0 Å². The van der Waals surface area contributed by atoms with Gasteiger partial charge in [-0.25, -0.2) is 0 Å². The molecule has 0 spiro atoms. The molecule has 3 heteroatoms. The lowest BCUT2D eigenvalue weighted by molar-refractivity contribution is -0.122. The molecular formula is C18H28N2O. The van der Waals surface area contributed by atoms with Crippen LogP contribution in [0.2, 0.25) is 0 Å². The molecule has 2 rings (SSSR count). The first-order valence-electron chi connectivity index (χ1n) is 8.35. The fourth-order valence-corrected chi connectivity index (χ4v) is 2.94. The van der Waals surface area contributed by atoms with Gasteiger partial charge in [-0.05, 0) is 43.7 Å². The molecule has 116 valence electrons. The molecule has 0 aromatic heterocycles. The molecular weight excluding hydrogens is 260 g/mol. The molecule has 1 aliphatic carbocycles. The van der Waals surface area contributed by atoms with Crippen LogP contribution >= 0.6 is 0 Å². The Balaban J connectivity index is 1.80. The second-order valence-corrected chi connectivity index (χ2v) is 6.10. The first-order valence-corrected chi connectivity index (χ1v) is 8.35. The lowest BCUT2D eigenvalue weighted by Crippen LogP contribution is -2.36. The van der Waals surface area contributed by atoms with E-state index < -0.39 is 0 Å². The van der Waals surface area contributed by atoms with Crippen molar-refractivity contribution in [3.05, 3.63) is 35.9 Å². The summed E-state index contributed by atoms with van der Waals surface area (Å²) in [5, 5.41) is 3.26. The normalized spacial score (nSPS) is 16.2.